The minimum absolute atomic E-state index is 0.0317. The number of unbranched alkanes of at least 4 members (excludes halogenated alkanes) is 1. The van der Waals surface area contributed by atoms with Gasteiger partial charge in [-0.15, -0.1) is 0 Å². The van der Waals surface area contributed by atoms with E-state index in [0.29, 0.717) is 12.8 Å². The van der Waals surface area contributed by atoms with Crippen LogP contribution in [0.1, 0.15) is 107 Å². The Morgan fingerprint density at radius 2 is 1.32 bits per heavy atom. The van der Waals surface area contributed by atoms with E-state index in [1.807, 2.05) is 26.8 Å². The van der Waals surface area contributed by atoms with E-state index in [4.69, 9.17) is 29.4 Å². The molecule has 28 nitrogen and oxygen atoms in total. The minimum Gasteiger partial charge on any atom is -0.480 e. The maximum atomic E-state index is 13.3. The molecular formula is C41H73N7O21P2. The van der Waals surface area contributed by atoms with Crippen molar-refractivity contribution in [3.63, 3.8) is 0 Å². The number of carbonyl (C=O) groups excluding carboxylic acids is 6. The number of carbonyl (C=O) groups is 8. The molecule has 1 saturated heterocycles. The number of nitrogens with two attached hydrogens (primary N) is 1. The maximum Gasteiger partial charge on any atom is 0.483 e. The number of hydrogen-bond acceptors (Lipinski definition) is 18. The zero-order valence-electron chi connectivity index (χ0n) is 41.1. The number of phosphoric ester groups is 2. The van der Waals surface area contributed by atoms with E-state index >= 15 is 0 Å². The Labute approximate surface area is 411 Å². The molecule has 0 bridgehead atoms. The van der Waals surface area contributed by atoms with Crippen molar-refractivity contribution < 1.29 is 101 Å². The summed E-state index contributed by atoms with van der Waals surface area (Å²) in [7, 11) is -10.9. The van der Waals surface area contributed by atoms with Gasteiger partial charge in [0.1, 0.15) is 60.7 Å². The Bertz CT molecular complexity index is 1940. The van der Waals surface area contributed by atoms with Crippen LogP contribution in [-0.4, -0.2) is 164 Å². The van der Waals surface area contributed by atoms with Crippen molar-refractivity contribution in [3.05, 3.63) is 11.6 Å². The van der Waals surface area contributed by atoms with E-state index < -0.39 is 149 Å². The largest absolute Gasteiger partial charge is 0.483 e. The summed E-state index contributed by atoms with van der Waals surface area (Å²) in [5, 5.41) is 53.7. The van der Waals surface area contributed by atoms with Gasteiger partial charge >= 0.3 is 27.6 Å². The molecule has 14 atom stereocenters. The SMILES string of the molecule is CC(=O)N[C@H]1[C@@H](OP(=O)(O)OP(=O)(O)OCCC(C)CCC=C(C)C)O[C@H](CO)[C@@H](O)[C@@H]1O[C@H](C)C(=O)N[C@@H](C)C(=O)N[C@H](CCC(=O)N[C@@H](CCCCN)C(=O)N[C@H](C)C(=O)N[C@H](C)C(=O)O)C(=O)O. The zero-order chi connectivity index (χ0) is 54.4. The molecule has 1 fully saturated rings. The normalized spacial score (nSPS) is 22.5. The smallest absolute Gasteiger partial charge is 0.480 e. The van der Waals surface area contributed by atoms with Crippen molar-refractivity contribution >= 4 is 63.0 Å². The van der Waals surface area contributed by atoms with Gasteiger partial charge in [-0.2, -0.15) is 4.31 Å². The highest BCUT2D eigenvalue weighted by molar-refractivity contribution is 7.61. The fourth-order valence-corrected chi connectivity index (χ4v) is 8.68. The van der Waals surface area contributed by atoms with E-state index in [9.17, 15) is 72.6 Å². The van der Waals surface area contributed by atoms with Crippen molar-refractivity contribution in [2.75, 3.05) is 19.8 Å². The van der Waals surface area contributed by atoms with Gasteiger partial charge in [0.2, 0.25) is 35.4 Å². The molecule has 1 rings (SSSR count). The van der Waals surface area contributed by atoms with Gasteiger partial charge < -0.3 is 77.3 Å². The Kier molecular flexibility index (Phi) is 28.4. The van der Waals surface area contributed by atoms with Crippen LogP contribution >= 0.6 is 15.6 Å². The highest BCUT2D eigenvalue weighted by atomic mass is 31.3. The van der Waals surface area contributed by atoms with Crippen LogP contribution in [0.15, 0.2) is 11.6 Å². The van der Waals surface area contributed by atoms with Gasteiger partial charge in [0.15, 0.2) is 6.29 Å². The van der Waals surface area contributed by atoms with Crippen LogP contribution in [-0.2, 0) is 70.3 Å². The lowest BCUT2D eigenvalue weighted by atomic mass is 9.96. The molecule has 0 aromatic carbocycles. The number of carboxylic acid groups (broad SMARTS) is 2. The van der Waals surface area contributed by atoms with Crippen molar-refractivity contribution in [2.45, 2.75) is 174 Å². The molecule has 14 N–H and O–H groups in total. The van der Waals surface area contributed by atoms with Crippen LogP contribution < -0.4 is 37.6 Å². The number of aliphatic hydroxyl groups is 2. The molecule has 1 aliphatic rings. The summed E-state index contributed by atoms with van der Waals surface area (Å²) in [4.78, 5) is 121. The number of hydrogen-bond donors (Lipinski definition) is 13. The van der Waals surface area contributed by atoms with Crippen LogP contribution in [0, 0.1) is 5.92 Å². The molecule has 0 aromatic rings. The lowest BCUT2D eigenvalue weighted by molar-refractivity contribution is -0.261. The second kappa shape index (κ2) is 31.2. The topological polar surface area (TPSA) is 436 Å². The van der Waals surface area contributed by atoms with Gasteiger partial charge in [-0.3, -0.25) is 42.6 Å². The third-order valence-electron chi connectivity index (χ3n) is 10.6. The predicted molar refractivity (Wildman–Crippen MR) is 248 cm³/mol. The number of allylic oxidation sites excluding steroid dienone is 2. The average molecular weight is 1060 g/mol. The van der Waals surface area contributed by atoms with Gasteiger partial charge in [0, 0.05) is 13.3 Å². The lowest BCUT2D eigenvalue weighted by Crippen LogP contribution is -2.66. The Morgan fingerprint density at radius 1 is 0.732 bits per heavy atom. The first-order valence-electron chi connectivity index (χ1n) is 22.8. The number of carboxylic acids is 2. The molecule has 0 radical (unpaired) electrons. The van der Waals surface area contributed by atoms with E-state index in [0.717, 1.165) is 39.2 Å². The second-order valence-electron chi connectivity index (χ2n) is 17.3. The highest BCUT2D eigenvalue weighted by Gasteiger charge is 2.51. The molecule has 6 amide bonds. The lowest BCUT2D eigenvalue weighted by Gasteiger charge is -2.44. The van der Waals surface area contributed by atoms with Gasteiger partial charge in [-0.05, 0) is 99.0 Å². The Hall–Kier alpha value is -4.44. The van der Waals surface area contributed by atoms with Crippen molar-refractivity contribution in [1.29, 1.82) is 0 Å². The third kappa shape index (κ3) is 24.7. The number of nitrogens with one attached hydrogen (secondary N) is 6. The van der Waals surface area contributed by atoms with Crippen LogP contribution in [0.5, 0.6) is 0 Å². The first kappa shape index (κ1) is 64.6. The van der Waals surface area contributed by atoms with E-state index in [-0.39, 0.29) is 31.9 Å². The van der Waals surface area contributed by atoms with E-state index in [1.54, 1.807) is 0 Å². The first-order valence-corrected chi connectivity index (χ1v) is 25.8. The molecule has 0 aromatic heterocycles. The second-order valence-corrected chi connectivity index (χ2v) is 20.3. The molecule has 1 heterocycles. The summed E-state index contributed by atoms with van der Waals surface area (Å²) >= 11 is 0. The molecule has 408 valence electrons. The predicted octanol–water partition coefficient (Wildman–Crippen LogP) is -1.07. The summed E-state index contributed by atoms with van der Waals surface area (Å²) in [5.41, 5.74) is 6.67. The van der Waals surface area contributed by atoms with Gasteiger partial charge in [-0.25, -0.2) is 13.9 Å². The molecule has 0 saturated carbocycles. The van der Waals surface area contributed by atoms with Crippen LogP contribution in [0.2, 0.25) is 0 Å². The van der Waals surface area contributed by atoms with Crippen LogP contribution in [0.25, 0.3) is 0 Å². The van der Waals surface area contributed by atoms with Crippen molar-refractivity contribution in [3.8, 4) is 0 Å². The van der Waals surface area contributed by atoms with E-state index in [2.05, 4.69) is 36.2 Å². The molecule has 1 aliphatic heterocycles. The summed E-state index contributed by atoms with van der Waals surface area (Å²) in [6, 6.07) is -8.68. The highest BCUT2D eigenvalue weighted by Crippen LogP contribution is 2.61. The molecule has 0 aliphatic carbocycles. The van der Waals surface area contributed by atoms with Gasteiger partial charge in [-0.1, -0.05) is 18.6 Å². The third-order valence-corrected chi connectivity index (χ3v) is 13.2. The van der Waals surface area contributed by atoms with E-state index in [1.165, 1.54) is 13.8 Å². The van der Waals surface area contributed by atoms with Crippen molar-refractivity contribution in [2.24, 2.45) is 11.7 Å². The van der Waals surface area contributed by atoms with Gasteiger partial charge in [0.05, 0.1) is 13.2 Å². The number of aliphatic carboxylic acids is 2. The van der Waals surface area contributed by atoms with Crippen LogP contribution in [0.3, 0.4) is 0 Å². The number of ether oxygens (including phenoxy) is 2. The maximum absolute atomic E-state index is 13.3. The molecule has 71 heavy (non-hydrogen) atoms. The average Bonchev–Trinajstić information content (AvgIpc) is 3.25. The molecule has 30 heteroatoms. The number of phosphoric acid groups is 2. The fraction of sp³-hybridized carbons (Fsp3) is 0.756. The standard InChI is InChI=1S/C41H73N7O21P2/c1-21(2)12-11-13-22(3)17-19-65-70(61,62)69-71(63,64)68-41-32(46-27(8)50)34(33(52)30(20-49)67-41)66-26(7)37(55)43-24(5)36(54)48-29(40(59)60)15-16-31(51)47-28(14-9-10-18-42)38(56)44-23(4)35(53)45-25(6)39(57)58/h12,22-26,28-30,32-34,41,49,52H,9-11,13-20,42H2,1-8H3,(H,43,55)(H,44,56)(H,45,53)(H,46,50)(H,47,51)(H,48,54)(H,57,58)(H,59,60)(H,61,62)(H,63,64)/t22?,23-,24+,25-,26-,28+,29-,30-,32-,33-,34-,41-/m1/s1. The van der Waals surface area contributed by atoms with Gasteiger partial charge in [0.25, 0.3) is 0 Å². The van der Waals surface area contributed by atoms with Crippen LogP contribution in [0.4, 0.5) is 0 Å². The molecule has 3 unspecified atom stereocenters. The van der Waals surface area contributed by atoms with Crippen molar-refractivity contribution in [1.82, 2.24) is 31.9 Å². The zero-order valence-corrected chi connectivity index (χ0v) is 42.9. The number of amides is 6. The Morgan fingerprint density at radius 3 is 1.87 bits per heavy atom. The summed E-state index contributed by atoms with van der Waals surface area (Å²) in [6.07, 6.45) is -5.62. The summed E-state index contributed by atoms with van der Waals surface area (Å²) in [5.74, 6) is -8.27. The monoisotopic (exact) mass is 1060 g/mol. The number of aliphatic hydroxyl groups excluding tert-OH is 2. The molecule has 0 spiro atoms. The summed E-state index contributed by atoms with van der Waals surface area (Å²) < 4.78 is 51.2. The Balaban J connectivity index is 3.04. The quantitative estimate of drug-likeness (QED) is 0.0211. The summed E-state index contributed by atoms with van der Waals surface area (Å²) in [6.45, 7) is 10.4. The molecular weight excluding hydrogens is 988 g/mol. The minimum atomic E-state index is -5.66. The first-order chi connectivity index (χ1) is 32.9. The number of rotatable bonds is 33. The fourth-order valence-electron chi connectivity index (χ4n) is 6.51.